The van der Waals surface area contributed by atoms with Crippen molar-refractivity contribution in [3.8, 4) is 56.3 Å². The lowest BCUT2D eigenvalue weighted by molar-refractivity contribution is 1.16. The van der Waals surface area contributed by atoms with Crippen molar-refractivity contribution < 1.29 is 9.60 Å². The van der Waals surface area contributed by atoms with E-state index in [0.29, 0.717) is 5.69 Å². The molecule has 0 N–H and O–H groups in total. The highest BCUT2D eigenvalue weighted by atomic mass is 32.1. The van der Waals surface area contributed by atoms with Gasteiger partial charge in [-0.1, -0.05) is 237 Å². The summed E-state index contributed by atoms with van der Waals surface area (Å²) in [5.74, 6) is 0. The first-order valence-electron chi connectivity index (χ1n) is 37.8. The minimum absolute atomic E-state index is 0.0129. The van der Waals surface area contributed by atoms with Crippen LogP contribution in [0.25, 0.3) is 155 Å². The summed E-state index contributed by atoms with van der Waals surface area (Å²) < 4.78 is 74.6. The van der Waals surface area contributed by atoms with Gasteiger partial charge in [-0.2, -0.15) is 5.26 Å². The predicted molar refractivity (Wildman–Crippen MR) is 437 cm³/mol. The quantitative estimate of drug-likeness (QED) is 0.118. The van der Waals surface area contributed by atoms with Crippen LogP contribution in [-0.4, -0.2) is 11.3 Å². The molecule has 0 spiro atoms. The zero-order valence-electron chi connectivity index (χ0n) is 61.4. The van der Waals surface area contributed by atoms with Gasteiger partial charge in [-0.05, 0) is 190 Å². The van der Waals surface area contributed by atoms with Crippen LogP contribution in [0.1, 0.15) is 15.2 Å². The van der Waals surface area contributed by atoms with Crippen molar-refractivity contribution in [2.45, 2.75) is 0 Å². The van der Waals surface area contributed by atoms with Crippen LogP contribution in [0, 0.1) is 11.3 Å². The summed E-state index contributed by atoms with van der Waals surface area (Å²) in [6.45, 7) is -0.483. The second-order valence-electron chi connectivity index (χ2n) is 26.7. The van der Waals surface area contributed by atoms with Gasteiger partial charge in [0.25, 0.3) is 6.71 Å². The van der Waals surface area contributed by atoms with Crippen molar-refractivity contribution in [2.24, 2.45) is 0 Å². The molecule has 2 aliphatic heterocycles. The van der Waals surface area contributed by atoms with Crippen molar-refractivity contribution in [3.63, 3.8) is 0 Å². The average molecular weight is 1330 g/mol. The lowest BCUT2D eigenvalue weighted by atomic mass is 9.33. The number of nitriles is 1. The molecule has 17 aromatic carbocycles. The topological polar surface area (TPSA) is 35.2 Å². The molecule has 5 heterocycles. The highest BCUT2D eigenvalue weighted by molar-refractivity contribution is 7.26. The molecule has 470 valence electrons. The van der Waals surface area contributed by atoms with Crippen LogP contribution in [0.3, 0.4) is 0 Å². The molecular weight excluding hydrogens is 1270 g/mol. The summed E-state index contributed by atoms with van der Waals surface area (Å²) in [5, 5.41) is 24.0. The number of rotatable bonds is 7. The van der Waals surface area contributed by atoms with Gasteiger partial charge in [-0.3, -0.25) is 0 Å². The van der Waals surface area contributed by atoms with Gasteiger partial charge in [-0.25, -0.2) is 0 Å². The van der Waals surface area contributed by atoms with E-state index in [2.05, 4.69) is 301 Å². The van der Waals surface area contributed by atoms with Crippen molar-refractivity contribution in [2.75, 3.05) is 9.80 Å². The van der Waals surface area contributed by atoms with Gasteiger partial charge in [0.1, 0.15) is 0 Å². The van der Waals surface area contributed by atoms with Gasteiger partial charge in [0.2, 0.25) is 0 Å². The number of aromatic nitrogens is 1. The molecule has 102 heavy (non-hydrogen) atoms. The SMILES string of the molecule is [2H]c1c([2H])c([2H])c2c(c1[2H])c1c([2H])c(C#N)c([2H])c([2H])c1n2-c1cc2c3c(c1)N(c1ccccc1-c1cc4ccccc4c4ccccc14)c1cc4c(cc1B3c1cc3sc5cc(-c6ccccc6)ccc5c3cc1N2c1ccccc1-c1cc2ccccc2c2ccccc12)sc1cc(-c2ccccc2)ccc14. The number of hydrogen-bond acceptors (Lipinski definition) is 5. The van der Waals surface area contributed by atoms with Crippen molar-refractivity contribution in [1.29, 1.82) is 5.26 Å². The highest BCUT2D eigenvalue weighted by Crippen LogP contribution is 2.54. The van der Waals surface area contributed by atoms with Crippen LogP contribution >= 0.6 is 22.7 Å². The van der Waals surface area contributed by atoms with Crippen LogP contribution in [0.15, 0.2) is 333 Å². The van der Waals surface area contributed by atoms with Crippen LogP contribution in [0.2, 0.25) is 0 Å². The fourth-order valence-corrected chi connectivity index (χ4v) is 19.3. The Bertz CT molecular complexity index is 7160. The monoisotopic (exact) mass is 1330 g/mol. The predicted octanol–water partition coefficient (Wildman–Crippen LogP) is 24.8. The molecule has 0 saturated heterocycles. The Kier molecular flexibility index (Phi) is 10.9. The van der Waals surface area contributed by atoms with Gasteiger partial charge in [0.05, 0.1) is 49.3 Å². The Morgan fingerprint density at radius 3 is 1.29 bits per heavy atom. The normalized spacial score (nSPS) is 13.6. The molecule has 22 rings (SSSR count). The van der Waals surface area contributed by atoms with E-state index in [1.807, 2.05) is 6.07 Å². The minimum atomic E-state index is -0.521. The zero-order valence-corrected chi connectivity index (χ0v) is 56.0. The standard InChI is InChI=1S/C95H55BN4S2/c97-56-57-39-44-86-78(45-57)73-35-17-18-36-83(73)98(86)64-50-89-95-90(51-64)100(85-38-20-16-34-72(85)77-47-63-26-8-10-28-66(63)68-30-12-14-32-70(68)77)88-53-80-75-43-41-61(59-23-5-2-6-24-59)49-92(75)102-94(80)55-82(88)96(95)81-54-93-79(74-42-40-60(48-91(74)101-93)58-21-3-1-4-22-58)52-87(81)99(89)84-37-19-15-33-71(84)76-46-62-25-7-9-27-65(62)67-29-11-13-31-69(67)76/h1-55H/i17D,18D,35D,36D,39D,44D,45D. The van der Waals surface area contributed by atoms with E-state index in [9.17, 15) is 14.9 Å². The summed E-state index contributed by atoms with van der Waals surface area (Å²) in [4.78, 5) is 4.85. The molecule has 7 heteroatoms. The molecule has 0 fully saturated rings. The van der Waals surface area contributed by atoms with Crippen LogP contribution in [0.5, 0.6) is 0 Å². The second-order valence-corrected chi connectivity index (χ2v) is 28.9. The molecule has 0 bridgehead atoms. The second kappa shape index (κ2) is 22.1. The molecule has 0 atom stereocenters. The average Bonchev–Trinajstić information content (AvgIpc) is 1.68. The van der Waals surface area contributed by atoms with Crippen molar-refractivity contribution in [1.82, 2.24) is 4.57 Å². The number of anilines is 6. The van der Waals surface area contributed by atoms with Gasteiger partial charge in [-0.15, -0.1) is 22.7 Å². The van der Waals surface area contributed by atoms with Crippen molar-refractivity contribution >= 4 is 185 Å². The van der Waals surface area contributed by atoms with E-state index >= 15 is 0 Å². The first-order valence-corrected chi connectivity index (χ1v) is 35.9. The van der Waals surface area contributed by atoms with E-state index < -0.39 is 49.0 Å². The summed E-state index contributed by atoms with van der Waals surface area (Å²) in [6.07, 6.45) is 0. The summed E-state index contributed by atoms with van der Waals surface area (Å²) in [5.41, 5.74) is 16.8. The van der Waals surface area contributed by atoms with Gasteiger partial charge < -0.3 is 14.4 Å². The maximum Gasteiger partial charge on any atom is 0.252 e. The third kappa shape index (κ3) is 8.43. The maximum atomic E-state index is 10.8. The summed E-state index contributed by atoms with van der Waals surface area (Å²) in [6, 6.07) is 104. The fourth-order valence-electron chi connectivity index (χ4n) is 17.0. The molecule has 0 unspecified atom stereocenters. The third-order valence-electron chi connectivity index (χ3n) is 21.4. The smallest absolute Gasteiger partial charge is 0.252 e. The molecule has 20 aromatic rings. The number of hydrogen-bond donors (Lipinski definition) is 0. The largest absolute Gasteiger partial charge is 0.311 e. The lowest BCUT2D eigenvalue weighted by Gasteiger charge is -2.45. The molecule has 4 nitrogen and oxygen atoms in total. The lowest BCUT2D eigenvalue weighted by Crippen LogP contribution is -2.61. The Morgan fingerprint density at radius 2 is 0.765 bits per heavy atom. The van der Waals surface area contributed by atoms with E-state index in [1.165, 1.54) is 0 Å². The van der Waals surface area contributed by atoms with E-state index in [-0.39, 0.29) is 27.4 Å². The molecule has 0 aliphatic carbocycles. The van der Waals surface area contributed by atoms with Crippen LogP contribution < -0.4 is 26.2 Å². The summed E-state index contributed by atoms with van der Waals surface area (Å²) in [7, 11) is 0. The van der Waals surface area contributed by atoms with E-state index in [4.69, 9.17) is 0 Å². The highest BCUT2D eigenvalue weighted by Gasteiger charge is 2.46. The van der Waals surface area contributed by atoms with Crippen LogP contribution in [-0.2, 0) is 0 Å². The first-order chi connectivity index (χ1) is 53.5. The fraction of sp³-hybridized carbons (Fsp3) is 0. The van der Waals surface area contributed by atoms with Crippen molar-refractivity contribution in [3.05, 3.63) is 339 Å². The molecule has 2 aliphatic rings. The Morgan fingerprint density at radius 1 is 0.314 bits per heavy atom. The van der Waals surface area contributed by atoms with Gasteiger partial charge in [0, 0.05) is 85.0 Å². The van der Waals surface area contributed by atoms with Crippen LogP contribution in [0.4, 0.5) is 34.1 Å². The molecule has 0 amide bonds. The Balaban J connectivity index is 0.935. The molecule has 0 radical (unpaired) electrons. The molecular formula is C95H55BN4S2. The molecule has 0 saturated carbocycles. The maximum absolute atomic E-state index is 10.8. The number of thiophene rings is 2. The Labute approximate surface area is 605 Å². The number of para-hydroxylation sites is 3. The first kappa shape index (κ1) is 50.5. The van der Waals surface area contributed by atoms with E-state index in [0.717, 1.165) is 178 Å². The number of nitrogens with zero attached hydrogens (tertiary/aromatic N) is 4. The summed E-state index contributed by atoms with van der Waals surface area (Å²) >= 11 is 3.59. The molecule has 3 aromatic heterocycles. The Hall–Kier alpha value is -12.8. The third-order valence-corrected chi connectivity index (χ3v) is 23.6. The minimum Gasteiger partial charge on any atom is -0.311 e. The van der Waals surface area contributed by atoms with Gasteiger partial charge in [0.15, 0.2) is 0 Å². The van der Waals surface area contributed by atoms with Gasteiger partial charge >= 0.3 is 0 Å². The number of fused-ring (bicyclic) bond motifs is 19. The van der Waals surface area contributed by atoms with E-state index in [1.54, 1.807) is 27.2 Å². The zero-order chi connectivity index (χ0) is 72.9. The number of benzene rings is 17.